The third kappa shape index (κ3) is 3.63. The first kappa shape index (κ1) is 12.7. The molecule has 2 aromatic rings. The molecule has 96 valence electrons. The zero-order valence-electron chi connectivity index (χ0n) is 10.8. The highest BCUT2D eigenvalue weighted by Gasteiger charge is 2.07. The molecule has 0 radical (unpaired) electrons. The molecule has 0 saturated heterocycles. The summed E-state index contributed by atoms with van der Waals surface area (Å²) in [5.74, 6) is 1.35. The lowest BCUT2D eigenvalue weighted by molar-refractivity contribution is 0.354. The maximum absolute atomic E-state index is 5.19. The summed E-state index contributed by atoms with van der Waals surface area (Å²) in [7, 11) is 0. The van der Waals surface area contributed by atoms with Crippen molar-refractivity contribution in [2.24, 2.45) is 0 Å². The molecule has 1 N–H and O–H groups in total. The number of rotatable bonds is 6. The van der Waals surface area contributed by atoms with Crippen LogP contribution in [0.2, 0.25) is 0 Å². The van der Waals surface area contributed by atoms with Crippen LogP contribution in [0.5, 0.6) is 0 Å². The molecule has 0 bridgehead atoms. The fourth-order valence-electron chi connectivity index (χ4n) is 1.52. The average Bonchev–Trinajstić information content (AvgIpc) is 2.85. The van der Waals surface area contributed by atoms with Crippen molar-refractivity contribution >= 4 is 0 Å². The van der Waals surface area contributed by atoms with Crippen LogP contribution in [0.1, 0.15) is 37.5 Å². The normalized spacial score (nSPS) is 12.6. The van der Waals surface area contributed by atoms with Gasteiger partial charge in [-0.1, -0.05) is 12.1 Å². The molecule has 0 amide bonds. The summed E-state index contributed by atoms with van der Waals surface area (Å²) >= 11 is 0. The molecule has 0 aliphatic carbocycles. The fourth-order valence-corrected chi connectivity index (χ4v) is 1.52. The van der Waals surface area contributed by atoms with Gasteiger partial charge < -0.3 is 9.84 Å². The minimum Gasteiger partial charge on any atom is -0.338 e. The Morgan fingerprint density at radius 1 is 1.33 bits per heavy atom. The van der Waals surface area contributed by atoms with Crippen molar-refractivity contribution in [2.75, 3.05) is 0 Å². The summed E-state index contributed by atoms with van der Waals surface area (Å²) in [6.45, 7) is 4.90. The highest BCUT2D eigenvalue weighted by Crippen LogP contribution is 2.05. The second-order valence-electron chi connectivity index (χ2n) is 4.33. The largest absolute Gasteiger partial charge is 0.338 e. The molecule has 5 nitrogen and oxygen atoms in total. The molecule has 2 aromatic heterocycles. The van der Waals surface area contributed by atoms with Gasteiger partial charge in [0.2, 0.25) is 5.89 Å². The van der Waals surface area contributed by atoms with E-state index in [0.29, 0.717) is 30.7 Å². The summed E-state index contributed by atoms with van der Waals surface area (Å²) in [6, 6.07) is 4.36. The first-order valence-corrected chi connectivity index (χ1v) is 6.21. The summed E-state index contributed by atoms with van der Waals surface area (Å²) in [4.78, 5) is 8.33. The lowest BCUT2D eigenvalue weighted by Gasteiger charge is -2.07. The maximum Gasteiger partial charge on any atom is 0.240 e. The maximum atomic E-state index is 5.19. The molecule has 0 fully saturated rings. The number of nitrogens with zero attached hydrogens (tertiary/aromatic N) is 3. The molecule has 0 aromatic carbocycles. The van der Waals surface area contributed by atoms with Crippen LogP contribution < -0.4 is 5.32 Å². The second kappa shape index (κ2) is 6.26. The van der Waals surface area contributed by atoms with Gasteiger partial charge in [0.15, 0.2) is 5.82 Å². The van der Waals surface area contributed by atoms with Crippen LogP contribution >= 0.6 is 0 Å². The van der Waals surface area contributed by atoms with Gasteiger partial charge in [-0.25, -0.2) is 0 Å². The van der Waals surface area contributed by atoms with Crippen LogP contribution in [-0.4, -0.2) is 21.2 Å². The van der Waals surface area contributed by atoms with Gasteiger partial charge >= 0.3 is 0 Å². The van der Waals surface area contributed by atoms with Gasteiger partial charge in [0.1, 0.15) is 0 Å². The predicted octanol–water partition coefficient (Wildman–Crippen LogP) is 1.94. The number of hydrogen-bond acceptors (Lipinski definition) is 5. The first-order valence-electron chi connectivity index (χ1n) is 6.21. The third-order valence-corrected chi connectivity index (χ3v) is 2.84. The Hall–Kier alpha value is -1.75. The molecule has 2 heterocycles. The zero-order chi connectivity index (χ0) is 12.8. The van der Waals surface area contributed by atoms with Gasteiger partial charge in [-0.2, -0.15) is 4.98 Å². The van der Waals surface area contributed by atoms with Crippen molar-refractivity contribution in [3.8, 4) is 0 Å². The van der Waals surface area contributed by atoms with E-state index >= 15 is 0 Å². The summed E-state index contributed by atoms with van der Waals surface area (Å²) < 4.78 is 5.19. The molecule has 2 rings (SSSR count). The van der Waals surface area contributed by atoms with Crippen molar-refractivity contribution in [3.05, 3.63) is 41.8 Å². The highest BCUT2D eigenvalue weighted by atomic mass is 16.5. The Bertz CT molecular complexity index is 469. The van der Waals surface area contributed by atoms with E-state index in [4.69, 9.17) is 4.52 Å². The van der Waals surface area contributed by atoms with E-state index in [1.165, 1.54) is 0 Å². The Morgan fingerprint density at radius 2 is 2.11 bits per heavy atom. The third-order valence-electron chi connectivity index (χ3n) is 2.84. The van der Waals surface area contributed by atoms with Crippen LogP contribution in [0.15, 0.2) is 29.0 Å². The van der Waals surface area contributed by atoms with Crippen molar-refractivity contribution in [1.82, 2.24) is 20.4 Å². The van der Waals surface area contributed by atoms with Gasteiger partial charge in [0.25, 0.3) is 0 Å². The van der Waals surface area contributed by atoms with Crippen LogP contribution in [0, 0.1) is 0 Å². The summed E-state index contributed by atoms with van der Waals surface area (Å²) in [6.07, 6.45) is 5.29. The van der Waals surface area contributed by atoms with Crippen LogP contribution in [-0.2, 0) is 13.0 Å². The zero-order valence-corrected chi connectivity index (χ0v) is 10.8. The van der Waals surface area contributed by atoms with Crippen LogP contribution in [0.3, 0.4) is 0 Å². The SMILES string of the molecule is CCC(C)NCc1nc(Cc2ccncc2)no1. The summed E-state index contributed by atoms with van der Waals surface area (Å²) in [5, 5.41) is 7.29. The molecule has 1 atom stereocenters. The van der Waals surface area contributed by atoms with Crippen molar-refractivity contribution in [2.45, 2.75) is 39.3 Å². The first-order chi connectivity index (χ1) is 8.78. The van der Waals surface area contributed by atoms with E-state index in [-0.39, 0.29) is 0 Å². The van der Waals surface area contributed by atoms with E-state index in [1.54, 1.807) is 12.4 Å². The fraction of sp³-hybridized carbons (Fsp3) is 0.462. The van der Waals surface area contributed by atoms with E-state index in [0.717, 1.165) is 12.0 Å². The molecule has 0 spiro atoms. The van der Waals surface area contributed by atoms with Gasteiger partial charge in [0, 0.05) is 24.9 Å². The quantitative estimate of drug-likeness (QED) is 0.844. The smallest absolute Gasteiger partial charge is 0.240 e. The van der Waals surface area contributed by atoms with E-state index in [1.807, 2.05) is 12.1 Å². The Morgan fingerprint density at radius 3 is 2.83 bits per heavy atom. The van der Waals surface area contributed by atoms with Crippen molar-refractivity contribution < 1.29 is 4.52 Å². The number of hydrogen-bond donors (Lipinski definition) is 1. The molecular formula is C13H18N4O. The molecule has 0 aliphatic rings. The van der Waals surface area contributed by atoms with Gasteiger partial charge in [-0.15, -0.1) is 0 Å². The number of aromatic nitrogens is 3. The van der Waals surface area contributed by atoms with Crippen molar-refractivity contribution in [3.63, 3.8) is 0 Å². The molecule has 0 saturated carbocycles. The Kier molecular flexibility index (Phi) is 4.41. The van der Waals surface area contributed by atoms with Crippen LogP contribution in [0.4, 0.5) is 0 Å². The lowest BCUT2D eigenvalue weighted by atomic mass is 10.2. The number of pyridine rings is 1. The topological polar surface area (TPSA) is 63.8 Å². The molecule has 18 heavy (non-hydrogen) atoms. The Labute approximate surface area is 107 Å². The van der Waals surface area contributed by atoms with E-state index < -0.39 is 0 Å². The highest BCUT2D eigenvalue weighted by molar-refractivity contribution is 5.14. The molecule has 0 aliphatic heterocycles. The summed E-state index contributed by atoms with van der Waals surface area (Å²) in [5.41, 5.74) is 1.13. The molecule has 1 unspecified atom stereocenters. The van der Waals surface area contributed by atoms with Crippen LogP contribution in [0.25, 0.3) is 0 Å². The van der Waals surface area contributed by atoms with Gasteiger partial charge in [-0.3, -0.25) is 4.98 Å². The standard InChI is InChI=1S/C13H18N4O/c1-3-10(2)15-9-13-16-12(17-18-13)8-11-4-6-14-7-5-11/h4-7,10,15H,3,8-9H2,1-2H3. The second-order valence-corrected chi connectivity index (χ2v) is 4.33. The number of nitrogens with one attached hydrogen (secondary N) is 1. The minimum absolute atomic E-state index is 0.459. The van der Waals surface area contributed by atoms with E-state index in [2.05, 4.69) is 34.3 Å². The van der Waals surface area contributed by atoms with Crippen molar-refractivity contribution in [1.29, 1.82) is 0 Å². The monoisotopic (exact) mass is 246 g/mol. The lowest BCUT2D eigenvalue weighted by Crippen LogP contribution is -2.24. The predicted molar refractivity (Wildman–Crippen MR) is 67.9 cm³/mol. The van der Waals surface area contributed by atoms with Gasteiger partial charge in [0.05, 0.1) is 6.54 Å². The van der Waals surface area contributed by atoms with Gasteiger partial charge in [-0.05, 0) is 31.0 Å². The average molecular weight is 246 g/mol. The Balaban J connectivity index is 1.90. The molecule has 5 heteroatoms. The molecular weight excluding hydrogens is 228 g/mol. The minimum atomic E-state index is 0.459. The van der Waals surface area contributed by atoms with E-state index in [9.17, 15) is 0 Å².